The zero-order valence-electron chi connectivity index (χ0n) is 15.3. The van der Waals surface area contributed by atoms with Gasteiger partial charge in [0.1, 0.15) is 6.61 Å². The molecular weight excluding hydrogens is 280 g/mol. The molecule has 0 fully saturated rings. The average Bonchev–Trinajstić information content (AvgIpc) is 2.41. The standard InChI is InChI=1S/C18H36O4/c1-7-17(19)12-22-18(20)21-11-16(6)10-15(5)9-14(4)8-13(2)3/h13-17,19H,7-12H2,1-6H3. The summed E-state index contributed by atoms with van der Waals surface area (Å²) in [5.41, 5.74) is 0. The number of carbonyl (C=O) groups is 1. The normalized spacial score (nSPS) is 16.9. The summed E-state index contributed by atoms with van der Waals surface area (Å²) in [4.78, 5) is 11.4. The Bertz CT molecular complexity index is 291. The minimum atomic E-state index is -0.680. The van der Waals surface area contributed by atoms with Gasteiger partial charge >= 0.3 is 6.16 Å². The van der Waals surface area contributed by atoms with Crippen LogP contribution >= 0.6 is 0 Å². The highest BCUT2D eigenvalue weighted by molar-refractivity contribution is 5.59. The Balaban J connectivity index is 3.83. The van der Waals surface area contributed by atoms with Gasteiger partial charge in [-0.15, -0.1) is 0 Å². The molecule has 1 N–H and O–H groups in total. The summed E-state index contributed by atoms with van der Waals surface area (Å²) in [5.74, 6) is 2.44. The van der Waals surface area contributed by atoms with E-state index in [-0.39, 0.29) is 6.61 Å². The van der Waals surface area contributed by atoms with Crippen LogP contribution < -0.4 is 0 Å². The molecule has 0 saturated carbocycles. The van der Waals surface area contributed by atoms with Crippen LogP contribution in [0.1, 0.15) is 67.2 Å². The van der Waals surface area contributed by atoms with Crippen molar-refractivity contribution in [1.82, 2.24) is 0 Å². The summed E-state index contributed by atoms with van der Waals surface area (Å²) in [6, 6.07) is 0. The van der Waals surface area contributed by atoms with E-state index in [1.165, 1.54) is 12.8 Å². The summed E-state index contributed by atoms with van der Waals surface area (Å²) < 4.78 is 9.94. The Labute approximate surface area is 136 Å². The molecule has 4 nitrogen and oxygen atoms in total. The number of hydrogen-bond acceptors (Lipinski definition) is 4. The van der Waals surface area contributed by atoms with E-state index in [0.717, 1.165) is 18.3 Å². The van der Waals surface area contributed by atoms with Crippen LogP contribution in [0.2, 0.25) is 0 Å². The van der Waals surface area contributed by atoms with Gasteiger partial charge in [-0.05, 0) is 49.4 Å². The van der Waals surface area contributed by atoms with E-state index < -0.39 is 12.3 Å². The van der Waals surface area contributed by atoms with Gasteiger partial charge in [0.2, 0.25) is 0 Å². The van der Waals surface area contributed by atoms with E-state index in [1.54, 1.807) is 0 Å². The molecule has 0 bridgehead atoms. The van der Waals surface area contributed by atoms with Crippen molar-refractivity contribution in [3.63, 3.8) is 0 Å². The van der Waals surface area contributed by atoms with Gasteiger partial charge in [0.25, 0.3) is 0 Å². The topological polar surface area (TPSA) is 55.8 Å². The van der Waals surface area contributed by atoms with Crippen LogP contribution in [0, 0.1) is 23.7 Å². The van der Waals surface area contributed by atoms with Crippen LogP contribution in [0.4, 0.5) is 4.79 Å². The molecule has 0 aromatic heterocycles. The summed E-state index contributed by atoms with van der Waals surface area (Å²) in [5, 5.41) is 9.32. The van der Waals surface area contributed by atoms with Gasteiger partial charge in [-0.25, -0.2) is 4.79 Å². The Kier molecular flexibility index (Phi) is 11.3. The maximum absolute atomic E-state index is 11.4. The lowest BCUT2D eigenvalue weighted by Crippen LogP contribution is -2.20. The van der Waals surface area contributed by atoms with Crippen molar-refractivity contribution >= 4 is 6.16 Å². The first-order chi connectivity index (χ1) is 10.2. The monoisotopic (exact) mass is 316 g/mol. The van der Waals surface area contributed by atoms with Crippen LogP contribution in [0.3, 0.4) is 0 Å². The van der Waals surface area contributed by atoms with Crippen molar-refractivity contribution in [3.8, 4) is 0 Å². The van der Waals surface area contributed by atoms with Gasteiger partial charge in [-0.1, -0.05) is 41.5 Å². The third-order valence-corrected chi connectivity index (χ3v) is 3.83. The van der Waals surface area contributed by atoms with Gasteiger partial charge in [-0.3, -0.25) is 0 Å². The summed E-state index contributed by atoms with van der Waals surface area (Å²) in [6.45, 7) is 13.4. The minimum Gasteiger partial charge on any atom is -0.434 e. The Hall–Kier alpha value is -0.770. The molecule has 0 amide bonds. The Morgan fingerprint density at radius 2 is 1.36 bits per heavy atom. The van der Waals surface area contributed by atoms with Crippen molar-refractivity contribution in [2.24, 2.45) is 23.7 Å². The SMILES string of the molecule is CCC(O)COC(=O)OCC(C)CC(C)CC(C)CC(C)C. The van der Waals surface area contributed by atoms with Crippen molar-refractivity contribution in [2.75, 3.05) is 13.2 Å². The van der Waals surface area contributed by atoms with Crippen molar-refractivity contribution < 1.29 is 19.4 Å². The molecule has 22 heavy (non-hydrogen) atoms. The molecule has 0 aromatic carbocycles. The van der Waals surface area contributed by atoms with Crippen LogP contribution in [0.15, 0.2) is 0 Å². The van der Waals surface area contributed by atoms with Crippen LogP contribution in [-0.2, 0) is 9.47 Å². The molecule has 132 valence electrons. The summed E-state index contributed by atoms with van der Waals surface area (Å²) in [6.07, 6.45) is 2.81. The molecule has 4 unspecified atom stereocenters. The molecule has 0 spiro atoms. The maximum Gasteiger partial charge on any atom is 0.508 e. The molecule has 4 heteroatoms. The van der Waals surface area contributed by atoms with Gasteiger partial charge in [0.05, 0.1) is 12.7 Å². The molecule has 0 aliphatic rings. The highest BCUT2D eigenvalue weighted by Crippen LogP contribution is 2.24. The lowest BCUT2D eigenvalue weighted by molar-refractivity contribution is 0.0112. The first kappa shape index (κ1) is 21.2. The molecule has 0 rings (SSSR count). The van der Waals surface area contributed by atoms with Gasteiger partial charge < -0.3 is 14.6 Å². The van der Waals surface area contributed by atoms with E-state index in [1.807, 2.05) is 6.92 Å². The number of carbonyl (C=O) groups excluding carboxylic acids is 1. The molecule has 0 radical (unpaired) electrons. The third-order valence-electron chi connectivity index (χ3n) is 3.83. The number of aliphatic hydroxyl groups is 1. The quantitative estimate of drug-likeness (QED) is 0.564. The Morgan fingerprint density at radius 1 is 0.864 bits per heavy atom. The largest absolute Gasteiger partial charge is 0.508 e. The highest BCUT2D eigenvalue weighted by atomic mass is 16.7. The van der Waals surface area contributed by atoms with Crippen molar-refractivity contribution in [2.45, 2.75) is 73.3 Å². The smallest absolute Gasteiger partial charge is 0.434 e. The van der Waals surface area contributed by atoms with Gasteiger partial charge in [-0.2, -0.15) is 0 Å². The van der Waals surface area contributed by atoms with E-state index >= 15 is 0 Å². The third kappa shape index (κ3) is 11.8. The van der Waals surface area contributed by atoms with Crippen LogP contribution in [-0.4, -0.2) is 30.6 Å². The number of hydrogen-bond donors (Lipinski definition) is 1. The number of aliphatic hydroxyl groups excluding tert-OH is 1. The van der Waals surface area contributed by atoms with E-state index in [4.69, 9.17) is 9.47 Å². The summed E-state index contributed by atoms with van der Waals surface area (Å²) >= 11 is 0. The first-order valence-electron chi connectivity index (χ1n) is 8.72. The lowest BCUT2D eigenvalue weighted by atomic mass is 9.86. The molecule has 0 saturated heterocycles. The molecule has 0 aromatic rings. The maximum atomic E-state index is 11.4. The lowest BCUT2D eigenvalue weighted by Gasteiger charge is -2.21. The van der Waals surface area contributed by atoms with E-state index in [0.29, 0.717) is 24.9 Å². The number of rotatable bonds is 11. The average molecular weight is 316 g/mol. The van der Waals surface area contributed by atoms with Crippen LogP contribution in [0.5, 0.6) is 0 Å². The second kappa shape index (κ2) is 11.8. The fourth-order valence-corrected chi connectivity index (χ4v) is 2.97. The van der Waals surface area contributed by atoms with Gasteiger partial charge in [0.15, 0.2) is 0 Å². The highest BCUT2D eigenvalue weighted by Gasteiger charge is 2.15. The summed E-state index contributed by atoms with van der Waals surface area (Å²) in [7, 11) is 0. The van der Waals surface area contributed by atoms with Crippen molar-refractivity contribution in [1.29, 1.82) is 0 Å². The minimum absolute atomic E-state index is 0.00678. The molecular formula is C18H36O4. The predicted molar refractivity (Wildman–Crippen MR) is 89.8 cm³/mol. The zero-order chi connectivity index (χ0) is 17.1. The second-order valence-corrected chi connectivity index (χ2v) is 7.35. The van der Waals surface area contributed by atoms with E-state index in [2.05, 4.69) is 34.6 Å². The molecule has 0 aliphatic carbocycles. The van der Waals surface area contributed by atoms with Crippen LogP contribution in [0.25, 0.3) is 0 Å². The van der Waals surface area contributed by atoms with E-state index in [9.17, 15) is 9.90 Å². The molecule has 0 heterocycles. The fraction of sp³-hybridized carbons (Fsp3) is 0.944. The fourth-order valence-electron chi connectivity index (χ4n) is 2.97. The Morgan fingerprint density at radius 3 is 1.91 bits per heavy atom. The molecule has 0 aliphatic heterocycles. The second-order valence-electron chi connectivity index (χ2n) is 7.35. The first-order valence-corrected chi connectivity index (χ1v) is 8.72. The number of ether oxygens (including phenoxy) is 2. The van der Waals surface area contributed by atoms with Crippen molar-refractivity contribution in [3.05, 3.63) is 0 Å². The predicted octanol–water partition coefficient (Wildman–Crippen LogP) is 4.65. The van der Waals surface area contributed by atoms with Gasteiger partial charge in [0, 0.05) is 0 Å². The zero-order valence-corrected chi connectivity index (χ0v) is 15.3. The molecule has 4 atom stereocenters.